The Balaban J connectivity index is 2.39. The number of nitrogens with zero attached hydrogens (tertiary/aromatic N) is 2. The van der Waals surface area contributed by atoms with E-state index in [0.29, 0.717) is 18.3 Å². The summed E-state index contributed by atoms with van der Waals surface area (Å²) >= 11 is 0. The van der Waals surface area contributed by atoms with Crippen molar-refractivity contribution in [2.75, 3.05) is 44.2 Å². The Bertz CT molecular complexity index is 475. The first-order valence-electron chi connectivity index (χ1n) is 9.37. The van der Waals surface area contributed by atoms with Crippen molar-refractivity contribution in [1.29, 1.82) is 0 Å². The second-order valence-corrected chi connectivity index (χ2v) is 8.93. The summed E-state index contributed by atoms with van der Waals surface area (Å²) in [6, 6.07) is 0.352. The largest absolute Gasteiger partial charge is 0.357 e. The van der Waals surface area contributed by atoms with Crippen molar-refractivity contribution >= 4 is 15.8 Å². The second kappa shape index (κ2) is 10.9. The molecule has 1 fully saturated rings. The summed E-state index contributed by atoms with van der Waals surface area (Å²) in [4.78, 5) is 7.03. The molecule has 0 aromatic carbocycles. The van der Waals surface area contributed by atoms with E-state index in [4.69, 9.17) is 0 Å². The molecule has 1 heterocycles. The molecule has 1 aliphatic rings. The molecule has 0 bridgehead atoms. The Hall–Kier alpha value is -0.820. The van der Waals surface area contributed by atoms with Gasteiger partial charge in [-0.15, -0.1) is 0 Å². The monoisotopic (exact) mass is 360 g/mol. The van der Waals surface area contributed by atoms with Crippen LogP contribution < -0.4 is 10.6 Å². The Labute approximate surface area is 148 Å². The summed E-state index contributed by atoms with van der Waals surface area (Å²) in [6.07, 6.45) is 3.00. The molecule has 1 aliphatic heterocycles. The van der Waals surface area contributed by atoms with E-state index in [-0.39, 0.29) is 11.7 Å². The number of guanidine groups is 1. The van der Waals surface area contributed by atoms with Crippen molar-refractivity contribution in [3.05, 3.63) is 0 Å². The van der Waals surface area contributed by atoms with Gasteiger partial charge in [0.05, 0.1) is 11.5 Å². The van der Waals surface area contributed by atoms with Crippen molar-refractivity contribution < 1.29 is 8.42 Å². The number of aliphatic imine (C=N–C) groups is 1. The molecular formula is C17H36N4O2S. The highest BCUT2D eigenvalue weighted by atomic mass is 32.2. The maximum Gasteiger partial charge on any atom is 0.191 e. The highest BCUT2D eigenvalue weighted by molar-refractivity contribution is 7.91. The first-order valence-corrected chi connectivity index (χ1v) is 11.2. The SMILES string of the molecule is CCNC(=NCC1CCS(=O)(=O)C1)NC(C)CCCN(CC)CC. The molecule has 142 valence electrons. The van der Waals surface area contributed by atoms with E-state index in [1.54, 1.807) is 0 Å². The molecule has 0 aromatic rings. The van der Waals surface area contributed by atoms with Crippen LogP contribution in [0.1, 0.15) is 47.0 Å². The van der Waals surface area contributed by atoms with Gasteiger partial charge < -0.3 is 15.5 Å². The Morgan fingerprint density at radius 2 is 2.00 bits per heavy atom. The van der Waals surface area contributed by atoms with Crippen LogP contribution in [0.4, 0.5) is 0 Å². The summed E-state index contributed by atoms with van der Waals surface area (Å²) < 4.78 is 23.1. The van der Waals surface area contributed by atoms with Crippen LogP contribution in [0.2, 0.25) is 0 Å². The molecule has 0 saturated carbocycles. The zero-order valence-electron chi connectivity index (χ0n) is 15.8. The Morgan fingerprint density at radius 1 is 1.29 bits per heavy atom. The zero-order chi connectivity index (χ0) is 18.0. The fraction of sp³-hybridized carbons (Fsp3) is 0.941. The third-order valence-electron chi connectivity index (χ3n) is 4.57. The maximum atomic E-state index is 11.5. The molecule has 0 radical (unpaired) electrons. The van der Waals surface area contributed by atoms with Crippen molar-refractivity contribution in [3.8, 4) is 0 Å². The molecule has 24 heavy (non-hydrogen) atoms. The predicted octanol–water partition coefficient (Wildman–Crippen LogP) is 1.49. The van der Waals surface area contributed by atoms with Crippen LogP contribution in [0.5, 0.6) is 0 Å². The van der Waals surface area contributed by atoms with Gasteiger partial charge in [-0.1, -0.05) is 13.8 Å². The van der Waals surface area contributed by atoms with Gasteiger partial charge in [-0.25, -0.2) is 8.42 Å². The van der Waals surface area contributed by atoms with E-state index in [9.17, 15) is 8.42 Å². The van der Waals surface area contributed by atoms with E-state index < -0.39 is 9.84 Å². The number of sulfone groups is 1. The average Bonchev–Trinajstić information content (AvgIpc) is 2.88. The van der Waals surface area contributed by atoms with Crippen LogP contribution in [-0.4, -0.2) is 69.5 Å². The fourth-order valence-corrected chi connectivity index (χ4v) is 4.87. The lowest BCUT2D eigenvalue weighted by atomic mass is 10.1. The molecule has 2 N–H and O–H groups in total. The second-order valence-electron chi connectivity index (χ2n) is 6.70. The van der Waals surface area contributed by atoms with E-state index in [1.165, 1.54) is 0 Å². The average molecular weight is 361 g/mol. The molecule has 0 aliphatic carbocycles. The minimum Gasteiger partial charge on any atom is -0.357 e. The van der Waals surface area contributed by atoms with E-state index in [1.807, 2.05) is 6.92 Å². The smallest absolute Gasteiger partial charge is 0.191 e. The number of hydrogen-bond donors (Lipinski definition) is 2. The minimum absolute atomic E-state index is 0.170. The lowest BCUT2D eigenvalue weighted by Gasteiger charge is -2.21. The summed E-state index contributed by atoms with van der Waals surface area (Å²) in [7, 11) is -2.82. The highest BCUT2D eigenvalue weighted by Gasteiger charge is 2.27. The van der Waals surface area contributed by atoms with Crippen LogP contribution in [0.25, 0.3) is 0 Å². The van der Waals surface area contributed by atoms with Crippen molar-refractivity contribution in [2.24, 2.45) is 10.9 Å². The molecule has 1 saturated heterocycles. The summed E-state index contributed by atoms with van der Waals surface area (Å²) in [5.41, 5.74) is 0. The zero-order valence-corrected chi connectivity index (χ0v) is 16.7. The summed E-state index contributed by atoms with van der Waals surface area (Å²) in [5.74, 6) is 1.58. The van der Waals surface area contributed by atoms with Gasteiger partial charge in [-0.05, 0) is 58.7 Å². The molecule has 1 rings (SSSR count). The molecule has 2 unspecified atom stereocenters. The fourth-order valence-electron chi connectivity index (χ4n) is 3.02. The van der Waals surface area contributed by atoms with Gasteiger partial charge in [-0.2, -0.15) is 0 Å². The molecule has 2 atom stereocenters. The normalized spacial score (nSPS) is 21.9. The van der Waals surface area contributed by atoms with Crippen LogP contribution >= 0.6 is 0 Å². The first-order chi connectivity index (χ1) is 11.4. The minimum atomic E-state index is -2.82. The van der Waals surface area contributed by atoms with Gasteiger partial charge in [0.1, 0.15) is 0 Å². The Morgan fingerprint density at radius 3 is 2.54 bits per heavy atom. The van der Waals surface area contributed by atoms with Gasteiger partial charge in [-0.3, -0.25) is 4.99 Å². The molecular weight excluding hydrogens is 324 g/mol. The number of nitrogens with one attached hydrogen (secondary N) is 2. The van der Waals surface area contributed by atoms with Crippen molar-refractivity contribution in [3.63, 3.8) is 0 Å². The molecule has 6 nitrogen and oxygen atoms in total. The third kappa shape index (κ3) is 8.33. The van der Waals surface area contributed by atoms with Gasteiger partial charge in [0.15, 0.2) is 15.8 Å². The molecule has 7 heteroatoms. The maximum absolute atomic E-state index is 11.5. The first kappa shape index (κ1) is 21.2. The standard InChI is InChI=1S/C17H36N4O2S/c1-5-18-17(19-13-16-10-12-24(22,23)14-16)20-15(4)9-8-11-21(6-2)7-3/h15-16H,5-14H2,1-4H3,(H2,18,19,20). The summed E-state index contributed by atoms with van der Waals surface area (Å²) in [5, 5.41) is 6.70. The highest BCUT2D eigenvalue weighted by Crippen LogP contribution is 2.18. The van der Waals surface area contributed by atoms with Crippen LogP contribution in [0.3, 0.4) is 0 Å². The lowest BCUT2D eigenvalue weighted by Crippen LogP contribution is -2.42. The topological polar surface area (TPSA) is 73.8 Å². The van der Waals surface area contributed by atoms with E-state index >= 15 is 0 Å². The number of hydrogen-bond acceptors (Lipinski definition) is 4. The van der Waals surface area contributed by atoms with Crippen molar-refractivity contribution in [2.45, 2.75) is 53.0 Å². The number of rotatable bonds is 10. The quantitative estimate of drug-likeness (QED) is 0.456. The third-order valence-corrected chi connectivity index (χ3v) is 6.40. The molecule has 0 aromatic heterocycles. The summed E-state index contributed by atoms with van der Waals surface area (Å²) in [6.45, 7) is 13.3. The van der Waals surface area contributed by atoms with Crippen LogP contribution in [-0.2, 0) is 9.84 Å². The van der Waals surface area contributed by atoms with E-state index in [2.05, 4.69) is 41.3 Å². The van der Waals surface area contributed by atoms with Crippen molar-refractivity contribution in [1.82, 2.24) is 15.5 Å². The molecule has 0 spiro atoms. The predicted molar refractivity (Wildman–Crippen MR) is 102 cm³/mol. The Kier molecular flexibility index (Phi) is 9.66. The van der Waals surface area contributed by atoms with E-state index in [0.717, 1.165) is 51.4 Å². The van der Waals surface area contributed by atoms with Crippen LogP contribution in [0.15, 0.2) is 4.99 Å². The van der Waals surface area contributed by atoms with Gasteiger partial charge in [0.25, 0.3) is 0 Å². The van der Waals surface area contributed by atoms with Gasteiger partial charge in [0.2, 0.25) is 0 Å². The lowest BCUT2D eigenvalue weighted by molar-refractivity contribution is 0.292. The van der Waals surface area contributed by atoms with Gasteiger partial charge in [0, 0.05) is 19.1 Å². The van der Waals surface area contributed by atoms with Gasteiger partial charge >= 0.3 is 0 Å². The van der Waals surface area contributed by atoms with Crippen LogP contribution in [0, 0.1) is 5.92 Å². The molecule has 0 amide bonds.